The number of carbonyl (C=O) groups is 1. The van der Waals surface area contributed by atoms with Gasteiger partial charge in [0.05, 0.1) is 33.6 Å². The number of carbonyl (C=O) groups excluding carboxylic acids is 1. The zero-order valence-electron chi connectivity index (χ0n) is 13.6. The summed E-state index contributed by atoms with van der Waals surface area (Å²) in [6.07, 6.45) is -4.45. The Bertz CT molecular complexity index is 893. The highest BCUT2D eigenvalue weighted by molar-refractivity contribution is 8.00. The van der Waals surface area contributed by atoms with Gasteiger partial charge in [0.25, 0.3) is 5.69 Å². The van der Waals surface area contributed by atoms with Gasteiger partial charge in [-0.3, -0.25) is 14.9 Å². The first-order valence-electron chi connectivity index (χ1n) is 7.45. The zero-order valence-corrected chi connectivity index (χ0v) is 14.4. The van der Waals surface area contributed by atoms with Gasteiger partial charge in [-0.15, -0.1) is 11.8 Å². The Kier molecular flexibility index (Phi) is 6.41. The van der Waals surface area contributed by atoms with Crippen LogP contribution >= 0.6 is 11.8 Å². The molecule has 0 aliphatic rings. The van der Waals surface area contributed by atoms with Crippen molar-refractivity contribution in [3.05, 3.63) is 63.7 Å². The van der Waals surface area contributed by atoms with Crippen molar-refractivity contribution in [2.75, 3.05) is 11.1 Å². The highest BCUT2D eigenvalue weighted by Gasteiger charge is 2.33. The SMILES string of the molecule is N#CCc1ccc(NC(=O)CSc2ccc(C(F)(F)F)cc2[N+](=O)[O-])cc1. The van der Waals surface area contributed by atoms with Crippen molar-refractivity contribution in [2.24, 2.45) is 0 Å². The second kappa shape index (κ2) is 8.55. The van der Waals surface area contributed by atoms with Crippen molar-refractivity contribution in [3.63, 3.8) is 0 Å². The number of benzene rings is 2. The number of halogens is 3. The van der Waals surface area contributed by atoms with Crippen molar-refractivity contribution in [1.82, 2.24) is 0 Å². The van der Waals surface area contributed by atoms with Crippen LogP contribution in [0.1, 0.15) is 11.1 Å². The molecule has 0 aliphatic heterocycles. The van der Waals surface area contributed by atoms with E-state index in [4.69, 9.17) is 5.26 Å². The summed E-state index contributed by atoms with van der Waals surface area (Å²) >= 11 is 0.769. The van der Waals surface area contributed by atoms with Crippen molar-refractivity contribution in [2.45, 2.75) is 17.5 Å². The summed E-state index contributed by atoms with van der Waals surface area (Å²) in [5, 5.41) is 22.2. The van der Waals surface area contributed by atoms with Gasteiger partial charge >= 0.3 is 6.18 Å². The summed E-state index contributed by atoms with van der Waals surface area (Å²) in [6.45, 7) is 0. The van der Waals surface area contributed by atoms with Gasteiger partial charge < -0.3 is 5.32 Å². The van der Waals surface area contributed by atoms with E-state index in [2.05, 4.69) is 5.32 Å². The smallest absolute Gasteiger partial charge is 0.325 e. The molecular formula is C17H12F3N3O3S. The molecule has 0 unspecified atom stereocenters. The lowest BCUT2D eigenvalue weighted by atomic mass is 10.1. The number of amides is 1. The Morgan fingerprint density at radius 2 is 1.89 bits per heavy atom. The molecule has 0 saturated heterocycles. The fourth-order valence-corrected chi connectivity index (χ4v) is 2.90. The van der Waals surface area contributed by atoms with Crippen LogP contribution in [-0.4, -0.2) is 16.6 Å². The number of alkyl halides is 3. The second-order valence-electron chi connectivity index (χ2n) is 5.31. The van der Waals surface area contributed by atoms with E-state index in [1.165, 1.54) is 0 Å². The molecule has 1 amide bonds. The van der Waals surface area contributed by atoms with E-state index in [0.29, 0.717) is 11.8 Å². The quantitative estimate of drug-likeness (QED) is 0.444. The molecule has 10 heteroatoms. The Labute approximate surface area is 156 Å². The molecular weight excluding hydrogens is 383 g/mol. The van der Waals surface area contributed by atoms with E-state index in [1.54, 1.807) is 24.3 Å². The van der Waals surface area contributed by atoms with Gasteiger partial charge in [0.15, 0.2) is 0 Å². The molecule has 0 bridgehead atoms. The number of nitrogens with zero attached hydrogens (tertiary/aromatic N) is 2. The van der Waals surface area contributed by atoms with Crippen LogP contribution in [0.4, 0.5) is 24.5 Å². The molecule has 0 heterocycles. The first-order valence-corrected chi connectivity index (χ1v) is 8.43. The first-order chi connectivity index (χ1) is 12.7. The predicted octanol–water partition coefficient (Wildman–Crippen LogP) is 4.41. The lowest BCUT2D eigenvalue weighted by molar-refractivity contribution is -0.388. The molecule has 2 rings (SSSR count). The maximum Gasteiger partial charge on any atom is 0.416 e. The molecule has 1 N–H and O–H groups in total. The lowest BCUT2D eigenvalue weighted by Crippen LogP contribution is -2.14. The predicted molar refractivity (Wildman–Crippen MR) is 93.2 cm³/mol. The monoisotopic (exact) mass is 395 g/mol. The fourth-order valence-electron chi connectivity index (χ4n) is 2.10. The molecule has 0 fully saturated rings. The van der Waals surface area contributed by atoms with E-state index < -0.39 is 28.3 Å². The molecule has 27 heavy (non-hydrogen) atoms. The van der Waals surface area contributed by atoms with Crippen LogP contribution in [0.5, 0.6) is 0 Å². The summed E-state index contributed by atoms with van der Waals surface area (Å²) in [4.78, 5) is 22.0. The van der Waals surface area contributed by atoms with Crippen molar-refractivity contribution in [3.8, 4) is 6.07 Å². The number of rotatable bonds is 6. The van der Waals surface area contributed by atoms with Crippen molar-refractivity contribution < 1.29 is 22.9 Å². The van der Waals surface area contributed by atoms with Crippen LogP contribution < -0.4 is 5.32 Å². The average Bonchev–Trinajstić information content (AvgIpc) is 2.61. The van der Waals surface area contributed by atoms with Crippen LogP contribution in [0.25, 0.3) is 0 Å². The van der Waals surface area contributed by atoms with Gasteiger partial charge in [-0.1, -0.05) is 12.1 Å². The fraction of sp³-hybridized carbons (Fsp3) is 0.176. The molecule has 0 aromatic heterocycles. The topological polar surface area (TPSA) is 96.0 Å². The highest BCUT2D eigenvalue weighted by Crippen LogP contribution is 2.36. The standard InChI is InChI=1S/C17H12F3N3O3S/c18-17(19,20)12-3-6-15(14(9-12)23(25)26)27-10-16(24)22-13-4-1-11(2-5-13)7-8-21/h1-6,9H,7,10H2,(H,22,24). The second-order valence-corrected chi connectivity index (χ2v) is 6.32. The minimum Gasteiger partial charge on any atom is -0.325 e. The largest absolute Gasteiger partial charge is 0.416 e. The van der Waals surface area contributed by atoms with E-state index in [0.717, 1.165) is 29.5 Å². The molecule has 0 radical (unpaired) electrons. The molecule has 2 aromatic rings. The number of nitro benzene ring substituents is 1. The molecule has 0 spiro atoms. The molecule has 140 valence electrons. The third-order valence-electron chi connectivity index (χ3n) is 3.36. The number of nitro groups is 1. The number of hydrogen-bond donors (Lipinski definition) is 1. The number of anilines is 1. The van der Waals surface area contributed by atoms with Gasteiger partial charge in [0, 0.05) is 11.8 Å². The van der Waals surface area contributed by atoms with Gasteiger partial charge in [-0.2, -0.15) is 18.4 Å². The summed E-state index contributed by atoms with van der Waals surface area (Å²) in [7, 11) is 0. The van der Waals surface area contributed by atoms with E-state index in [9.17, 15) is 28.1 Å². The van der Waals surface area contributed by atoms with Crippen LogP contribution in [0.15, 0.2) is 47.4 Å². The van der Waals surface area contributed by atoms with Gasteiger partial charge in [-0.25, -0.2) is 0 Å². The Morgan fingerprint density at radius 3 is 2.44 bits per heavy atom. The van der Waals surface area contributed by atoms with E-state index >= 15 is 0 Å². The number of nitrogens with one attached hydrogen (secondary N) is 1. The number of hydrogen-bond acceptors (Lipinski definition) is 5. The molecule has 6 nitrogen and oxygen atoms in total. The van der Waals surface area contributed by atoms with E-state index in [-0.39, 0.29) is 17.1 Å². The van der Waals surface area contributed by atoms with Crippen molar-refractivity contribution >= 4 is 29.0 Å². The average molecular weight is 395 g/mol. The first kappa shape index (κ1) is 20.3. The summed E-state index contributed by atoms with van der Waals surface area (Å²) in [5.41, 5.74) is -0.571. The van der Waals surface area contributed by atoms with Gasteiger partial charge in [0.1, 0.15) is 0 Å². The minimum absolute atomic E-state index is 0.0347. The van der Waals surface area contributed by atoms with Gasteiger partial charge in [0.2, 0.25) is 5.91 Å². The Morgan fingerprint density at radius 1 is 1.22 bits per heavy atom. The van der Waals surface area contributed by atoms with Crippen LogP contribution in [-0.2, 0) is 17.4 Å². The Balaban J connectivity index is 2.04. The minimum atomic E-state index is -4.69. The maximum atomic E-state index is 12.7. The third-order valence-corrected chi connectivity index (χ3v) is 4.43. The van der Waals surface area contributed by atoms with Crippen molar-refractivity contribution in [1.29, 1.82) is 5.26 Å². The maximum absolute atomic E-state index is 12.7. The van der Waals surface area contributed by atoms with Crippen LogP contribution in [0.3, 0.4) is 0 Å². The molecule has 0 aliphatic carbocycles. The number of nitriles is 1. The summed E-state index contributed by atoms with van der Waals surface area (Å²) in [5.74, 6) is -0.686. The molecule has 0 atom stereocenters. The Hall–Kier alpha value is -3.06. The normalized spacial score (nSPS) is 10.9. The lowest BCUT2D eigenvalue weighted by Gasteiger charge is -2.09. The van der Waals surface area contributed by atoms with Crippen LogP contribution in [0, 0.1) is 21.4 Å². The summed E-state index contributed by atoms with van der Waals surface area (Å²) < 4.78 is 38.1. The molecule has 0 saturated carbocycles. The van der Waals surface area contributed by atoms with Gasteiger partial charge in [-0.05, 0) is 29.8 Å². The highest BCUT2D eigenvalue weighted by atomic mass is 32.2. The summed E-state index contributed by atoms with van der Waals surface area (Å²) in [6, 6.07) is 10.7. The number of thioether (sulfide) groups is 1. The zero-order chi connectivity index (χ0) is 20.0. The third kappa shape index (κ3) is 5.72. The molecule has 2 aromatic carbocycles. The van der Waals surface area contributed by atoms with E-state index in [1.807, 2.05) is 6.07 Å². The van der Waals surface area contributed by atoms with Crippen LogP contribution in [0.2, 0.25) is 0 Å².